The smallest absolute Gasteiger partial charge is 0.263 e. The molecular formula is C25H29N3O3. The molecule has 1 atom stereocenters. The van der Waals surface area contributed by atoms with E-state index in [1.807, 2.05) is 36.4 Å². The fourth-order valence-electron chi connectivity index (χ4n) is 3.91. The number of carbonyl (C=O) groups is 1. The average Bonchev–Trinajstić information content (AvgIpc) is 2.77. The summed E-state index contributed by atoms with van der Waals surface area (Å²) in [6.45, 7) is 5.82. The van der Waals surface area contributed by atoms with Gasteiger partial charge in [-0.05, 0) is 43.5 Å². The Bertz CT molecular complexity index is 1070. The number of aliphatic hydroxyl groups is 1. The molecule has 0 aliphatic carbocycles. The van der Waals surface area contributed by atoms with Gasteiger partial charge in [0.15, 0.2) is 5.60 Å². The van der Waals surface area contributed by atoms with Crippen LogP contribution in [0.5, 0.6) is 5.88 Å². The summed E-state index contributed by atoms with van der Waals surface area (Å²) in [6.07, 6.45) is 0.332. The van der Waals surface area contributed by atoms with Gasteiger partial charge in [-0.1, -0.05) is 42.5 Å². The molecule has 6 heteroatoms. The van der Waals surface area contributed by atoms with Crippen LogP contribution in [-0.4, -0.2) is 52.2 Å². The van der Waals surface area contributed by atoms with Crippen LogP contribution in [0.15, 0.2) is 60.7 Å². The molecule has 162 valence electrons. The van der Waals surface area contributed by atoms with E-state index in [9.17, 15) is 9.90 Å². The summed E-state index contributed by atoms with van der Waals surface area (Å²) in [6, 6.07) is 19.9. The number of hydrogen-bond donors (Lipinski definition) is 2. The first kappa shape index (κ1) is 21.3. The Morgan fingerprint density at radius 1 is 1.13 bits per heavy atom. The lowest BCUT2D eigenvalue weighted by Crippen LogP contribution is -2.50. The number of aliphatic hydroxyl groups excluding tert-OH is 1. The highest BCUT2D eigenvalue weighted by molar-refractivity contribution is 5.85. The largest absolute Gasteiger partial charge is 0.462 e. The molecule has 0 saturated carbocycles. The van der Waals surface area contributed by atoms with Gasteiger partial charge >= 0.3 is 0 Å². The summed E-state index contributed by atoms with van der Waals surface area (Å²) in [5.41, 5.74) is 2.39. The quantitative estimate of drug-likeness (QED) is 0.616. The second-order valence-electron chi connectivity index (χ2n) is 8.57. The van der Waals surface area contributed by atoms with Crippen molar-refractivity contribution in [1.29, 1.82) is 0 Å². The zero-order chi connectivity index (χ0) is 21.8. The molecule has 1 aliphatic heterocycles. The van der Waals surface area contributed by atoms with Crippen LogP contribution in [0, 0.1) is 0 Å². The number of hydrogen-bond acceptors (Lipinski definition) is 5. The number of β-amino-alcohol motifs (C(OH)–C–C–N with tert-alkyl or cyclic N) is 1. The van der Waals surface area contributed by atoms with Crippen LogP contribution in [-0.2, 0) is 17.8 Å². The van der Waals surface area contributed by atoms with E-state index in [1.165, 1.54) is 11.1 Å². The Balaban J connectivity index is 1.28. The van der Waals surface area contributed by atoms with E-state index in [2.05, 4.69) is 33.4 Å². The van der Waals surface area contributed by atoms with Gasteiger partial charge in [0.05, 0.1) is 11.6 Å². The number of fused-ring (bicyclic) bond motifs is 2. The normalized spacial score (nSPS) is 15.3. The van der Waals surface area contributed by atoms with Crippen molar-refractivity contribution in [1.82, 2.24) is 15.2 Å². The van der Waals surface area contributed by atoms with Crippen LogP contribution >= 0.6 is 0 Å². The number of rotatable bonds is 7. The van der Waals surface area contributed by atoms with Gasteiger partial charge in [0.2, 0.25) is 5.88 Å². The summed E-state index contributed by atoms with van der Waals surface area (Å²) >= 11 is 0. The Labute approximate surface area is 182 Å². The molecule has 2 aromatic carbocycles. The Kier molecular flexibility index (Phi) is 6.20. The highest BCUT2D eigenvalue weighted by atomic mass is 16.5. The number of amides is 1. The van der Waals surface area contributed by atoms with Crippen molar-refractivity contribution >= 4 is 16.8 Å². The number of para-hydroxylation sites is 1. The molecule has 0 bridgehead atoms. The lowest BCUT2D eigenvalue weighted by atomic mass is 10.00. The fourth-order valence-corrected chi connectivity index (χ4v) is 3.91. The summed E-state index contributed by atoms with van der Waals surface area (Å²) in [7, 11) is 0. The van der Waals surface area contributed by atoms with Crippen LogP contribution in [0.1, 0.15) is 25.0 Å². The van der Waals surface area contributed by atoms with Crippen LogP contribution in [0.25, 0.3) is 10.9 Å². The molecule has 1 unspecified atom stereocenters. The third kappa shape index (κ3) is 5.21. The molecule has 1 aliphatic rings. The van der Waals surface area contributed by atoms with Crippen molar-refractivity contribution < 1.29 is 14.6 Å². The fraction of sp³-hybridized carbons (Fsp3) is 0.360. The van der Waals surface area contributed by atoms with Gasteiger partial charge in [0, 0.05) is 37.6 Å². The molecule has 4 rings (SSSR count). The highest BCUT2D eigenvalue weighted by Gasteiger charge is 2.31. The predicted octanol–water partition coefficient (Wildman–Crippen LogP) is 2.93. The summed E-state index contributed by atoms with van der Waals surface area (Å²) in [5, 5.41) is 14.3. The number of benzene rings is 2. The monoisotopic (exact) mass is 419 g/mol. The molecule has 6 nitrogen and oxygen atoms in total. The molecule has 2 heterocycles. The van der Waals surface area contributed by atoms with E-state index in [0.29, 0.717) is 12.4 Å². The first-order valence-corrected chi connectivity index (χ1v) is 10.7. The zero-order valence-electron chi connectivity index (χ0n) is 18.0. The third-order valence-electron chi connectivity index (χ3n) is 5.66. The number of aromatic nitrogens is 1. The molecule has 0 radical (unpaired) electrons. The van der Waals surface area contributed by atoms with Gasteiger partial charge in [-0.2, -0.15) is 0 Å². The Morgan fingerprint density at radius 3 is 2.71 bits per heavy atom. The topological polar surface area (TPSA) is 74.7 Å². The number of carbonyl (C=O) groups excluding carboxylic acids is 1. The van der Waals surface area contributed by atoms with Crippen LogP contribution < -0.4 is 10.1 Å². The van der Waals surface area contributed by atoms with Crippen molar-refractivity contribution in [2.24, 2.45) is 0 Å². The summed E-state index contributed by atoms with van der Waals surface area (Å²) < 4.78 is 5.88. The van der Waals surface area contributed by atoms with Gasteiger partial charge in [-0.15, -0.1) is 0 Å². The SMILES string of the molecule is CC(C)(Oc1ccc2ccccc2n1)C(=O)NCC(O)CN1CCc2ccccc2C1. The van der Waals surface area contributed by atoms with Crippen molar-refractivity contribution in [3.63, 3.8) is 0 Å². The molecule has 1 aromatic heterocycles. The van der Waals surface area contributed by atoms with Gasteiger partial charge < -0.3 is 15.2 Å². The second kappa shape index (κ2) is 9.04. The van der Waals surface area contributed by atoms with E-state index in [-0.39, 0.29) is 12.5 Å². The van der Waals surface area contributed by atoms with Crippen molar-refractivity contribution in [3.05, 3.63) is 71.8 Å². The van der Waals surface area contributed by atoms with Crippen LogP contribution in [0.3, 0.4) is 0 Å². The van der Waals surface area contributed by atoms with Crippen molar-refractivity contribution in [3.8, 4) is 5.88 Å². The maximum atomic E-state index is 12.7. The van der Waals surface area contributed by atoms with Crippen LogP contribution in [0.4, 0.5) is 0 Å². The number of pyridine rings is 1. The van der Waals surface area contributed by atoms with Gasteiger partial charge in [0.25, 0.3) is 5.91 Å². The maximum Gasteiger partial charge on any atom is 0.263 e. The molecular weight excluding hydrogens is 390 g/mol. The highest BCUT2D eigenvalue weighted by Crippen LogP contribution is 2.21. The average molecular weight is 420 g/mol. The van der Waals surface area contributed by atoms with Gasteiger partial charge in [0.1, 0.15) is 0 Å². The molecule has 0 spiro atoms. The summed E-state index contributed by atoms with van der Waals surface area (Å²) in [4.78, 5) is 19.4. The Hall–Kier alpha value is -2.96. The Morgan fingerprint density at radius 2 is 1.87 bits per heavy atom. The van der Waals surface area contributed by atoms with Crippen molar-refractivity contribution in [2.45, 2.75) is 38.5 Å². The first-order valence-electron chi connectivity index (χ1n) is 10.7. The third-order valence-corrected chi connectivity index (χ3v) is 5.66. The van der Waals surface area contributed by atoms with E-state index in [0.717, 1.165) is 30.4 Å². The minimum Gasteiger partial charge on any atom is -0.462 e. The number of nitrogens with one attached hydrogen (secondary N) is 1. The van der Waals surface area contributed by atoms with E-state index in [4.69, 9.17) is 4.74 Å². The van der Waals surface area contributed by atoms with Gasteiger partial charge in [-0.25, -0.2) is 4.98 Å². The molecule has 31 heavy (non-hydrogen) atoms. The minimum atomic E-state index is -1.11. The van der Waals surface area contributed by atoms with Crippen molar-refractivity contribution in [2.75, 3.05) is 19.6 Å². The van der Waals surface area contributed by atoms with Gasteiger partial charge in [-0.3, -0.25) is 9.69 Å². The first-order chi connectivity index (χ1) is 14.9. The predicted molar refractivity (Wildman–Crippen MR) is 121 cm³/mol. The van der Waals surface area contributed by atoms with E-state index >= 15 is 0 Å². The summed E-state index contributed by atoms with van der Waals surface area (Å²) in [5.74, 6) is 0.108. The number of ether oxygens (including phenoxy) is 1. The molecule has 2 N–H and O–H groups in total. The molecule has 1 amide bonds. The molecule has 0 saturated heterocycles. The molecule has 3 aromatic rings. The van der Waals surface area contributed by atoms with E-state index < -0.39 is 11.7 Å². The standard InChI is InChI=1S/C25H29N3O3/c1-25(2,31-23-12-11-19-8-5-6-10-22(19)27-23)24(30)26-15-21(29)17-28-14-13-18-7-3-4-9-20(18)16-28/h3-12,21,29H,13-17H2,1-2H3,(H,26,30). The van der Waals surface area contributed by atoms with Crippen LogP contribution in [0.2, 0.25) is 0 Å². The lowest BCUT2D eigenvalue weighted by molar-refractivity contribution is -0.134. The number of nitrogens with zero attached hydrogens (tertiary/aromatic N) is 2. The maximum absolute atomic E-state index is 12.7. The lowest BCUT2D eigenvalue weighted by Gasteiger charge is -2.31. The minimum absolute atomic E-state index is 0.176. The van der Waals surface area contributed by atoms with E-state index in [1.54, 1.807) is 19.9 Å². The second-order valence-corrected chi connectivity index (χ2v) is 8.57. The zero-order valence-corrected chi connectivity index (χ0v) is 18.0. The molecule has 0 fully saturated rings.